The van der Waals surface area contributed by atoms with Crippen LogP contribution in [0.2, 0.25) is 0 Å². The van der Waals surface area contributed by atoms with Crippen molar-refractivity contribution in [2.45, 2.75) is 64.6 Å². The first-order valence-electron chi connectivity index (χ1n) is 11.1. The molecule has 1 fully saturated rings. The van der Waals surface area contributed by atoms with Gasteiger partial charge in [-0.15, -0.1) is 0 Å². The van der Waals surface area contributed by atoms with Crippen molar-refractivity contribution in [3.8, 4) is 0 Å². The van der Waals surface area contributed by atoms with E-state index < -0.39 is 5.60 Å². The third-order valence-corrected chi connectivity index (χ3v) is 6.04. The number of amides is 1. The summed E-state index contributed by atoms with van der Waals surface area (Å²) in [6.45, 7) is 10.3. The predicted molar refractivity (Wildman–Crippen MR) is 118 cm³/mol. The van der Waals surface area contributed by atoms with Gasteiger partial charge in [-0.1, -0.05) is 30.3 Å². The highest BCUT2D eigenvalue weighted by atomic mass is 16.6. The largest absolute Gasteiger partial charge is 0.444 e. The van der Waals surface area contributed by atoms with E-state index in [0.29, 0.717) is 5.92 Å². The molecular formula is C25H33N3O2. The predicted octanol–water partition coefficient (Wildman–Crippen LogP) is 4.75. The van der Waals surface area contributed by atoms with Crippen LogP contribution >= 0.6 is 0 Å². The lowest BCUT2D eigenvalue weighted by Crippen LogP contribution is -2.41. The number of likely N-dealkylation sites (tertiary alicyclic amines) is 1. The van der Waals surface area contributed by atoms with E-state index in [0.717, 1.165) is 52.0 Å². The Morgan fingerprint density at radius 3 is 2.53 bits per heavy atom. The highest BCUT2D eigenvalue weighted by molar-refractivity contribution is 5.68. The van der Waals surface area contributed by atoms with Gasteiger partial charge in [0.1, 0.15) is 5.60 Å². The average Bonchev–Trinajstić information content (AvgIpc) is 2.73. The summed E-state index contributed by atoms with van der Waals surface area (Å²) in [5, 5.41) is 0. The maximum Gasteiger partial charge on any atom is 0.410 e. The second-order valence-corrected chi connectivity index (χ2v) is 9.52. The molecule has 1 aromatic heterocycles. The minimum Gasteiger partial charge on any atom is -0.444 e. The van der Waals surface area contributed by atoms with E-state index in [-0.39, 0.29) is 6.09 Å². The van der Waals surface area contributed by atoms with Crippen LogP contribution in [0.15, 0.2) is 42.6 Å². The number of carbonyl (C=O) groups excluding carboxylic acids is 1. The normalized spacial score (nSPS) is 18.2. The Kier molecular flexibility index (Phi) is 6.09. The fourth-order valence-electron chi connectivity index (χ4n) is 4.57. The van der Waals surface area contributed by atoms with Crippen LogP contribution in [0, 0.1) is 0 Å². The number of pyridine rings is 1. The molecule has 4 rings (SSSR count). The molecule has 2 aliphatic heterocycles. The Labute approximate surface area is 180 Å². The number of nitrogens with zero attached hydrogens (tertiary/aromatic N) is 3. The molecule has 0 spiro atoms. The zero-order valence-electron chi connectivity index (χ0n) is 18.4. The van der Waals surface area contributed by atoms with Crippen LogP contribution in [-0.2, 0) is 24.2 Å². The molecule has 0 aliphatic carbocycles. The monoisotopic (exact) mass is 407 g/mol. The van der Waals surface area contributed by atoms with Gasteiger partial charge in [-0.05, 0) is 62.8 Å². The van der Waals surface area contributed by atoms with Crippen LogP contribution in [0.25, 0.3) is 0 Å². The van der Waals surface area contributed by atoms with Crippen LogP contribution in [0.5, 0.6) is 0 Å². The molecule has 5 nitrogen and oxygen atoms in total. The zero-order chi connectivity index (χ0) is 21.1. The van der Waals surface area contributed by atoms with E-state index in [1.807, 2.05) is 31.9 Å². The van der Waals surface area contributed by atoms with Crippen molar-refractivity contribution in [2.75, 3.05) is 19.6 Å². The summed E-state index contributed by atoms with van der Waals surface area (Å²) in [6, 6.07) is 12.9. The van der Waals surface area contributed by atoms with Crippen molar-refractivity contribution in [1.82, 2.24) is 14.8 Å². The average molecular weight is 408 g/mol. The first-order valence-corrected chi connectivity index (χ1v) is 11.1. The smallest absolute Gasteiger partial charge is 0.410 e. The van der Waals surface area contributed by atoms with Crippen LogP contribution in [-0.4, -0.2) is 46.1 Å². The molecule has 1 saturated heterocycles. The summed E-state index contributed by atoms with van der Waals surface area (Å²) < 4.78 is 5.54. The maximum absolute atomic E-state index is 12.4. The van der Waals surface area contributed by atoms with Gasteiger partial charge in [0.15, 0.2) is 0 Å². The standard InChI is InChI=1S/C25H33N3O2/c1-25(2,3)30-24(29)28-15-10-20(11-16-28)23-22-12-14-27(18-21(22)9-13-26-23)17-19-7-5-4-6-8-19/h4-9,13,20H,10-12,14-18H2,1-3H3. The summed E-state index contributed by atoms with van der Waals surface area (Å²) in [5.74, 6) is 0.430. The van der Waals surface area contributed by atoms with Gasteiger partial charge < -0.3 is 9.64 Å². The molecular weight excluding hydrogens is 374 g/mol. The van der Waals surface area contributed by atoms with Crippen LogP contribution in [0.4, 0.5) is 4.79 Å². The lowest BCUT2D eigenvalue weighted by molar-refractivity contribution is 0.0203. The van der Waals surface area contributed by atoms with Gasteiger partial charge >= 0.3 is 6.09 Å². The Balaban J connectivity index is 1.39. The molecule has 160 valence electrons. The van der Waals surface area contributed by atoms with Gasteiger partial charge in [-0.2, -0.15) is 0 Å². The highest BCUT2D eigenvalue weighted by Crippen LogP contribution is 2.33. The second kappa shape index (κ2) is 8.76. The topological polar surface area (TPSA) is 45.7 Å². The Hall–Kier alpha value is -2.40. The minimum absolute atomic E-state index is 0.194. The van der Waals surface area contributed by atoms with Crippen molar-refractivity contribution in [1.29, 1.82) is 0 Å². The molecule has 0 unspecified atom stereocenters. The first-order chi connectivity index (χ1) is 14.4. The maximum atomic E-state index is 12.4. The number of rotatable bonds is 3. The van der Waals surface area contributed by atoms with E-state index in [9.17, 15) is 4.79 Å². The quantitative estimate of drug-likeness (QED) is 0.736. The van der Waals surface area contributed by atoms with Gasteiger partial charge in [0.2, 0.25) is 0 Å². The first kappa shape index (κ1) is 20.9. The molecule has 5 heteroatoms. The SMILES string of the molecule is CC(C)(C)OC(=O)N1CCC(c2nccc3c2CCN(Cc2ccccc2)C3)CC1. The zero-order valence-corrected chi connectivity index (χ0v) is 18.4. The summed E-state index contributed by atoms with van der Waals surface area (Å²) >= 11 is 0. The molecule has 0 N–H and O–H groups in total. The van der Waals surface area contributed by atoms with E-state index in [1.54, 1.807) is 0 Å². The third-order valence-electron chi connectivity index (χ3n) is 6.04. The molecule has 0 atom stereocenters. The molecule has 2 aliphatic rings. The number of piperidine rings is 1. The molecule has 0 radical (unpaired) electrons. The van der Waals surface area contributed by atoms with Gasteiger partial charge in [-0.25, -0.2) is 4.79 Å². The molecule has 1 amide bonds. The van der Waals surface area contributed by atoms with Crippen LogP contribution in [0.1, 0.15) is 61.9 Å². The molecule has 3 heterocycles. The molecule has 1 aromatic carbocycles. The fraction of sp³-hybridized carbons (Fsp3) is 0.520. The lowest BCUT2D eigenvalue weighted by atomic mass is 9.86. The number of aromatic nitrogens is 1. The van der Waals surface area contributed by atoms with Gasteiger partial charge in [0.05, 0.1) is 0 Å². The van der Waals surface area contributed by atoms with Gasteiger partial charge in [0.25, 0.3) is 0 Å². The summed E-state index contributed by atoms with van der Waals surface area (Å²) in [6.07, 6.45) is 4.74. The van der Waals surface area contributed by atoms with Gasteiger partial charge in [-0.3, -0.25) is 9.88 Å². The minimum atomic E-state index is -0.445. The van der Waals surface area contributed by atoms with Gasteiger partial charge in [0, 0.05) is 50.5 Å². The van der Waals surface area contributed by atoms with E-state index in [2.05, 4.69) is 41.3 Å². The molecule has 0 bridgehead atoms. The van der Waals surface area contributed by atoms with E-state index >= 15 is 0 Å². The van der Waals surface area contributed by atoms with Crippen molar-refractivity contribution in [2.24, 2.45) is 0 Å². The number of benzene rings is 1. The van der Waals surface area contributed by atoms with Crippen LogP contribution in [0.3, 0.4) is 0 Å². The molecule has 0 saturated carbocycles. The van der Waals surface area contributed by atoms with Crippen molar-refractivity contribution >= 4 is 6.09 Å². The number of hydrogen-bond acceptors (Lipinski definition) is 4. The lowest BCUT2D eigenvalue weighted by Gasteiger charge is -2.35. The van der Waals surface area contributed by atoms with E-state index in [4.69, 9.17) is 9.72 Å². The molecule has 2 aromatic rings. The number of carbonyl (C=O) groups is 1. The van der Waals surface area contributed by atoms with Crippen molar-refractivity contribution < 1.29 is 9.53 Å². The number of ether oxygens (including phenoxy) is 1. The summed E-state index contributed by atoms with van der Waals surface area (Å²) in [5.41, 5.74) is 5.04. The van der Waals surface area contributed by atoms with Crippen molar-refractivity contribution in [3.05, 3.63) is 65.0 Å². The fourth-order valence-corrected chi connectivity index (χ4v) is 4.57. The highest BCUT2D eigenvalue weighted by Gasteiger charge is 2.30. The second-order valence-electron chi connectivity index (χ2n) is 9.52. The number of fused-ring (bicyclic) bond motifs is 1. The van der Waals surface area contributed by atoms with Crippen LogP contribution < -0.4 is 0 Å². The third kappa shape index (κ3) is 5.01. The Bertz CT molecular complexity index is 868. The summed E-state index contributed by atoms with van der Waals surface area (Å²) in [4.78, 5) is 21.5. The molecule has 30 heavy (non-hydrogen) atoms. The van der Waals surface area contributed by atoms with Crippen molar-refractivity contribution in [3.63, 3.8) is 0 Å². The van der Waals surface area contributed by atoms with E-state index in [1.165, 1.54) is 22.4 Å². The Morgan fingerprint density at radius 2 is 1.83 bits per heavy atom. The Morgan fingerprint density at radius 1 is 1.10 bits per heavy atom. The summed E-state index contributed by atoms with van der Waals surface area (Å²) in [7, 11) is 0. The number of hydrogen-bond donors (Lipinski definition) is 0.